The van der Waals surface area contributed by atoms with Gasteiger partial charge in [0.1, 0.15) is 0 Å². The van der Waals surface area contributed by atoms with Crippen molar-refractivity contribution < 1.29 is 21.9 Å². The van der Waals surface area contributed by atoms with Crippen molar-refractivity contribution in [3.63, 3.8) is 0 Å². The van der Waals surface area contributed by atoms with Crippen LogP contribution in [0.2, 0.25) is 0 Å². The molecule has 0 bridgehead atoms. The molecule has 208 valence electrons. The first-order valence-corrected chi connectivity index (χ1v) is 14.4. The normalized spacial score (nSPS) is 15.4. The van der Waals surface area contributed by atoms with Gasteiger partial charge in [0.2, 0.25) is 27.7 Å². The van der Waals surface area contributed by atoms with Crippen LogP contribution in [0.4, 0.5) is 20.4 Å². The number of ether oxygens (including phenoxy) is 1. The Balaban J connectivity index is 1.39. The number of halogens is 2. The third-order valence-electron chi connectivity index (χ3n) is 6.34. The minimum atomic E-state index is -4.01. The molecule has 40 heavy (non-hydrogen) atoms. The van der Waals surface area contributed by atoms with E-state index in [-0.39, 0.29) is 17.5 Å². The molecule has 0 saturated carbocycles. The summed E-state index contributed by atoms with van der Waals surface area (Å²) in [7, 11) is -4.01. The first-order valence-electron chi connectivity index (χ1n) is 12.8. The smallest absolute Gasteiger partial charge is 0.237 e. The van der Waals surface area contributed by atoms with Crippen LogP contribution < -0.4 is 20.1 Å². The fourth-order valence-electron chi connectivity index (χ4n) is 4.43. The summed E-state index contributed by atoms with van der Waals surface area (Å²) < 4.78 is 63.5. The second-order valence-corrected chi connectivity index (χ2v) is 11.2. The molecule has 3 heterocycles. The zero-order valence-corrected chi connectivity index (χ0v) is 22.5. The molecule has 2 aromatic heterocycles. The van der Waals surface area contributed by atoms with Gasteiger partial charge in [0.05, 0.1) is 22.7 Å². The van der Waals surface area contributed by atoms with E-state index in [1.54, 1.807) is 54.7 Å². The number of aromatic nitrogens is 3. The van der Waals surface area contributed by atoms with Crippen LogP contribution in [-0.2, 0) is 15.8 Å². The van der Waals surface area contributed by atoms with Crippen LogP contribution in [0.25, 0.3) is 11.3 Å². The molecule has 1 aliphatic heterocycles. The summed E-state index contributed by atoms with van der Waals surface area (Å²) >= 11 is 0. The Morgan fingerprint density at radius 1 is 1.05 bits per heavy atom. The molecule has 9 nitrogen and oxygen atoms in total. The number of rotatable bonds is 9. The predicted octanol–water partition coefficient (Wildman–Crippen LogP) is 5.02. The summed E-state index contributed by atoms with van der Waals surface area (Å²) in [5.41, 5.74) is 1.09. The second-order valence-electron chi connectivity index (χ2n) is 9.46. The van der Waals surface area contributed by atoms with E-state index in [4.69, 9.17) is 4.74 Å². The van der Waals surface area contributed by atoms with E-state index in [2.05, 4.69) is 30.3 Å². The first-order chi connectivity index (χ1) is 19.3. The fourth-order valence-corrected chi connectivity index (χ4v) is 5.62. The minimum absolute atomic E-state index is 0.00490. The van der Waals surface area contributed by atoms with E-state index in [9.17, 15) is 8.42 Å². The molecule has 0 spiro atoms. The fraction of sp³-hybridized carbons (Fsp3) is 0.250. The number of benzene rings is 2. The van der Waals surface area contributed by atoms with Gasteiger partial charge in [-0.15, -0.1) is 0 Å². The van der Waals surface area contributed by atoms with Crippen LogP contribution in [0.15, 0.2) is 67.0 Å². The molecule has 1 saturated heterocycles. The molecule has 4 aromatic rings. The van der Waals surface area contributed by atoms with Crippen molar-refractivity contribution in [1.29, 1.82) is 0 Å². The number of piperidine rings is 1. The Kier molecular flexibility index (Phi) is 8.17. The largest absolute Gasteiger partial charge is 0.435 e. The average Bonchev–Trinajstić information content (AvgIpc) is 2.95. The molecule has 0 aliphatic carbocycles. The highest BCUT2D eigenvalue weighted by molar-refractivity contribution is 7.91. The summed E-state index contributed by atoms with van der Waals surface area (Å²) in [6.07, 6.45) is 5.10. The van der Waals surface area contributed by atoms with Gasteiger partial charge in [0, 0.05) is 25.0 Å². The molecule has 3 N–H and O–H groups in total. The van der Waals surface area contributed by atoms with E-state index in [1.165, 1.54) is 19.2 Å². The highest BCUT2D eigenvalue weighted by Crippen LogP contribution is 2.37. The van der Waals surface area contributed by atoms with Gasteiger partial charge in [0.15, 0.2) is 11.6 Å². The lowest BCUT2D eigenvalue weighted by Crippen LogP contribution is -2.38. The van der Waals surface area contributed by atoms with Crippen LogP contribution >= 0.6 is 0 Å². The van der Waals surface area contributed by atoms with Crippen LogP contribution in [0.3, 0.4) is 0 Å². The lowest BCUT2D eigenvalue weighted by Gasteiger charge is -2.23. The number of aryl methyl sites for hydroxylation is 1. The van der Waals surface area contributed by atoms with Crippen molar-refractivity contribution in [3.8, 4) is 22.9 Å². The molecule has 12 heteroatoms. The Morgan fingerprint density at radius 2 is 1.88 bits per heavy atom. The minimum Gasteiger partial charge on any atom is -0.435 e. The molecule has 2 aromatic carbocycles. The summed E-state index contributed by atoms with van der Waals surface area (Å²) in [6.45, 7) is 3.27. The van der Waals surface area contributed by atoms with E-state index in [0.29, 0.717) is 22.8 Å². The summed E-state index contributed by atoms with van der Waals surface area (Å²) in [4.78, 5) is 13.1. The number of sulfonamides is 1. The van der Waals surface area contributed by atoms with Crippen LogP contribution in [-0.4, -0.2) is 42.5 Å². The van der Waals surface area contributed by atoms with Crippen LogP contribution in [0.1, 0.15) is 24.0 Å². The highest BCUT2D eigenvalue weighted by Gasteiger charge is 2.24. The average molecular weight is 567 g/mol. The van der Waals surface area contributed by atoms with Gasteiger partial charge in [-0.2, -0.15) is 4.39 Å². The van der Waals surface area contributed by atoms with Crippen molar-refractivity contribution in [3.05, 3.63) is 89.8 Å². The maximum Gasteiger partial charge on any atom is 0.237 e. The lowest BCUT2D eigenvalue weighted by atomic mass is 10.1. The summed E-state index contributed by atoms with van der Waals surface area (Å²) in [5.74, 6) is -3.10. The molecule has 0 radical (unpaired) electrons. The molecule has 1 atom stereocenters. The summed E-state index contributed by atoms with van der Waals surface area (Å²) in [6, 6.07) is 14.8. The molecule has 5 rings (SSSR count). The van der Waals surface area contributed by atoms with Gasteiger partial charge < -0.3 is 15.4 Å². The number of hydrogen-bond acceptors (Lipinski definition) is 8. The third-order valence-corrected chi connectivity index (χ3v) is 7.59. The van der Waals surface area contributed by atoms with Gasteiger partial charge in [0.25, 0.3) is 0 Å². The maximum absolute atomic E-state index is 15.3. The van der Waals surface area contributed by atoms with Gasteiger partial charge in [-0.1, -0.05) is 30.3 Å². The molecular formula is C28H28F2N6O3S. The van der Waals surface area contributed by atoms with Gasteiger partial charge in [-0.25, -0.2) is 27.8 Å². The van der Waals surface area contributed by atoms with Crippen molar-refractivity contribution in [2.45, 2.75) is 31.6 Å². The zero-order chi connectivity index (χ0) is 28.1. The van der Waals surface area contributed by atoms with E-state index in [1.807, 2.05) is 0 Å². The standard InChI is InChI=1S/C28H28F2N6O3S/c1-18-15-23(36-40(37,38)17-19-7-3-2-4-8-19)24(29)25(30)26(18)39-27-21(10-6-13-32-27)22-11-14-33-28(35-22)34-20-9-5-12-31-16-20/h2-4,6-8,10-11,13-15,20,31,36H,5,9,12,16-17H2,1H3,(H,33,34,35)/t20-/m0/s1. The molecule has 1 aliphatic rings. The lowest BCUT2D eigenvalue weighted by molar-refractivity contribution is 0.404. The topological polar surface area (TPSA) is 118 Å². The summed E-state index contributed by atoms with van der Waals surface area (Å²) in [5, 5.41) is 6.64. The van der Waals surface area contributed by atoms with E-state index in [0.717, 1.165) is 25.9 Å². The number of pyridine rings is 1. The van der Waals surface area contributed by atoms with Crippen LogP contribution in [0.5, 0.6) is 11.6 Å². The molecule has 0 amide bonds. The van der Waals surface area contributed by atoms with Crippen LogP contribution in [0, 0.1) is 18.6 Å². The monoisotopic (exact) mass is 566 g/mol. The number of hydrogen-bond donors (Lipinski definition) is 3. The number of nitrogens with zero attached hydrogens (tertiary/aromatic N) is 3. The quantitative estimate of drug-likeness (QED) is 0.258. The Bertz CT molecular complexity index is 1600. The van der Waals surface area contributed by atoms with E-state index >= 15 is 8.78 Å². The number of anilines is 2. The maximum atomic E-state index is 15.3. The van der Waals surface area contributed by atoms with Gasteiger partial charge >= 0.3 is 0 Å². The Morgan fingerprint density at radius 3 is 2.65 bits per heavy atom. The first kappa shape index (κ1) is 27.4. The van der Waals surface area contributed by atoms with Crippen molar-refractivity contribution >= 4 is 21.7 Å². The van der Waals surface area contributed by atoms with E-state index < -0.39 is 38.8 Å². The van der Waals surface area contributed by atoms with Crippen molar-refractivity contribution in [1.82, 2.24) is 20.3 Å². The van der Waals surface area contributed by atoms with Gasteiger partial charge in [-0.05, 0) is 61.7 Å². The predicted molar refractivity (Wildman–Crippen MR) is 149 cm³/mol. The Labute approximate surface area is 231 Å². The van der Waals surface area contributed by atoms with Crippen molar-refractivity contribution in [2.24, 2.45) is 0 Å². The highest BCUT2D eigenvalue weighted by atomic mass is 32.2. The van der Waals surface area contributed by atoms with Gasteiger partial charge in [-0.3, -0.25) is 4.72 Å². The molecular weight excluding hydrogens is 538 g/mol. The third kappa shape index (κ3) is 6.52. The van der Waals surface area contributed by atoms with Crippen molar-refractivity contribution in [2.75, 3.05) is 23.1 Å². The Hall–Kier alpha value is -4.16. The molecule has 0 unspecified atom stereocenters. The number of nitrogens with one attached hydrogen (secondary N) is 3. The SMILES string of the molecule is Cc1cc(NS(=O)(=O)Cc2ccccc2)c(F)c(F)c1Oc1ncccc1-c1ccnc(N[C@H]2CCCNC2)n1. The second kappa shape index (κ2) is 11.9. The molecule has 1 fully saturated rings. The zero-order valence-electron chi connectivity index (χ0n) is 21.7.